The van der Waals surface area contributed by atoms with Gasteiger partial charge in [0.25, 0.3) is 11.7 Å². The minimum absolute atomic E-state index is 0.00706. The zero-order valence-corrected chi connectivity index (χ0v) is 19.4. The Balaban J connectivity index is 2.03. The highest BCUT2D eigenvalue weighted by atomic mass is 35.5. The third kappa shape index (κ3) is 5.31. The number of benzene rings is 2. The van der Waals surface area contributed by atoms with Crippen LogP contribution in [0.3, 0.4) is 0 Å². The number of Topliss-reactive ketones (excluding diaryl/α,β-unsaturated/α-hetero) is 1. The lowest BCUT2D eigenvalue weighted by Gasteiger charge is -2.25. The topological polar surface area (TPSA) is 76.1 Å². The van der Waals surface area contributed by atoms with E-state index in [9.17, 15) is 14.7 Å². The van der Waals surface area contributed by atoms with Crippen molar-refractivity contribution in [3.63, 3.8) is 0 Å². The second-order valence-electron chi connectivity index (χ2n) is 8.15. The van der Waals surface area contributed by atoms with Gasteiger partial charge in [-0.05, 0) is 69.7 Å². The van der Waals surface area contributed by atoms with Crippen LogP contribution in [-0.4, -0.2) is 47.1 Å². The predicted molar refractivity (Wildman–Crippen MR) is 124 cm³/mol. The van der Waals surface area contributed by atoms with E-state index in [1.807, 2.05) is 27.7 Å². The van der Waals surface area contributed by atoms with Crippen molar-refractivity contribution >= 4 is 29.1 Å². The minimum atomic E-state index is -0.741. The first-order valence-electron chi connectivity index (χ1n) is 10.6. The van der Waals surface area contributed by atoms with Crippen molar-refractivity contribution in [2.75, 3.05) is 13.2 Å². The van der Waals surface area contributed by atoms with Gasteiger partial charge in [-0.2, -0.15) is 0 Å². The number of nitrogens with zero attached hydrogens (tertiary/aromatic N) is 1. The van der Waals surface area contributed by atoms with Gasteiger partial charge in [0.15, 0.2) is 0 Å². The lowest BCUT2D eigenvalue weighted by molar-refractivity contribution is -0.140. The van der Waals surface area contributed by atoms with Gasteiger partial charge in [0, 0.05) is 17.1 Å². The number of amides is 1. The van der Waals surface area contributed by atoms with Crippen molar-refractivity contribution < 1.29 is 24.2 Å². The van der Waals surface area contributed by atoms with Gasteiger partial charge in [-0.1, -0.05) is 23.7 Å². The Morgan fingerprint density at radius 1 is 1.00 bits per heavy atom. The number of hydrogen-bond acceptors (Lipinski definition) is 5. The molecule has 7 heteroatoms. The van der Waals surface area contributed by atoms with Crippen molar-refractivity contribution in [1.82, 2.24) is 4.90 Å². The Bertz CT molecular complexity index is 996. The van der Waals surface area contributed by atoms with Gasteiger partial charge in [-0.15, -0.1) is 0 Å². The van der Waals surface area contributed by atoms with E-state index in [0.717, 1.165) is 0 Å². The number of aliphatic hydroxyl groups is 1. The molecule has 1 heterocycles. The van der Waals surface area contributed by atoms with Crippen molar-refractivity contribution in [3.8, 4) is 5.75 Å². The normalized spacial score (nSPS) is 18.1. The summed E-state index contributed by atoms with van der Waals surface area (Å²) in [6.07, 6.45) is 0.00473. The van der Waals surface area contributed by atoms with E-state index in [-0.39, 0.29) is 36.7 Å². The predicted octanol–water partition coefficient (Wildman–Crippen LogP) is 4.97. The summed E-state index contributed by atoms with van der Waals surface area (Å²) in [4.78, 5) is 27.3. The summed E-state index contributed by atoms with van der Waals surface area (Å²) >= 11 is 6.04. The number of ether oxygens (including phenoxy) is 2. The van der Waals surface area contributed by atoms with E-state index in [2.05, 4.69) is 0 Å². The Morgan fingerprint density at radius 3 is 2.19 bits per heavy atom. The molecule has 1 saturated heterocycles. The standard InChI is InChI=1S/C25H28ClNO5/c1-15(2)31-14-13-27-22(17-5-9-19(26)10-6-17)21(24(29)25(27)30)23(28)18-7-11-20(12-8-18)32-16(3)4/h5-12,15-16,22,28H,13-14H2,1-4H3/b23-21-. The highest BCUT2D eigenvalue weighted by Gasteiger charge is 2.45. The molecule has 1 aliphatic heterocycles. The molecule has 1 N–H and O–H groups in total. The lowest BCUT2D eigenvalue weighted by Crippen LogP contribution is -2.33. The van der Waals surface area contributed by atoms with E-state index in [1.165, 1.54) is 4.90 Å². The molecule has 1 amide bonds. The number of rotatable bonds is 8. The molecule has 0 radical (unpaired) electrons. The molecule has 0 saturated carbocycles. The average Bonchev–Trinajstić information content (AvgIpc) is 2.99. The molecular weight excluding hydrogens is 430 g/mol. The van der Waals surface area contributed by atoms with Crippen LogP contribution in [-0.2, 0) is 14.3 Å². The van der Waals surface area contributed by atoms with Gasteiger partial charge < -0.3 is 19.5 Å². The molecule has 1 unspecified atom stereocenters. The molecule has 32 heavy (non-hydrogen) atoms. The first kappa shape index (κ1) is 23.8. The maximum Gasteiger partial charge on any atom is 0.295 e. The molecule has 0 aliphatic carbocycles. The van der Waals surface area contributed by atoms with Crippen LogP contribution in [0.25, 0.3) is 5.76 Å². The van der Waals surface area contributed by atoms with Crippen LogP contribution >= 0.6 is 11.6 Å². The van der Waals surface area contributed by atoms with E-state index < -0.39 is 17.7 Å². The fraction of sp³-hybridized carbons (Fsp3) is 0.360. The third-order valence-corrected chi connectivity index (χ3v) is 5.26. The maximum atomic E-state index is 13.0. The molecule has 0 aromatic heterocycles. The fourth-order valence-corrected chi connectivity index (χ4v) is 3.73. The van der Waals surface area contributed by atoms with E-state index in [0.29, 0.717) is 21.9 Å². The number of carbonyl (C=O) groups excluding carboxylic acids is 2. The molecule has 3 rings (SSSR count). The number of halogens is 1. The second kappa shape index (κ2) is 10.2. The van der Waals surface area contributed by atoms with E-state index in [1.54, 1.807) is 48.5 Å². The minimum Gasteiger partial charge on any atom is -0.507 e. The summed E-state index contributed by atoms with van der Waals surface area (Å²) in [6, 6.07) is 12.9. The molecule has 1 atom stereocenters. The molecular formula is C25H28ClNO5. The van der Waals surface area contributed by atoms with Gasteiger partial charge in [0.2, 0.25) is 0 Å². The zero-order chi connectivity index (χ0) is 23.4. The number of aliphatic hydroxyl groups excluding tert-OH is 1. The third-order valence-electron chi connectivity index (χ3n) is 5.01. The molecule has 0 spiro atoms. The van der Waals surface area contributed by atoms with E-state index in [4.69, 9.17) is 21.1 Å². The van der Waals surface area contributed by atoms with Crippen molar-refractivity contribution in [2.45, 2.75) is 45.9 Å². The van der Waals surface area contributed by atoms with Crippen LogP contribution in [0.5, 0.6) is 5.75 Å². The smallest absolute Gasteiger partial charge is 0.295 e. The molecule has 1 aliphatic rings. The first-order valence-corrected chi connectivity index (χ1v) is 11.0. The summed E-state index contributed by atoms with van der Waals surface area (Å²) in [5.41, 5.74) is 1.15. The fourth-order valence-electron chi connectivity index (χ4n) is 3.61. The van der Waals surface area contributed by atoms with Crippen molar-refractivity contribution in [1.29, 1.82) is 0 Å². The first-order chi connectivity index (χ1) is 15.2. The van der Waals surface area contributed by atoms with Crippen LogP contribution < -0.4 is 4.74 Å². The summed E-state index contributed by atoms with van der Waals surface area (Å²) in [5, 5.41) is 11.6. The van der Waals surface area contributed by atoms with Crippen molar-refractivity contribution in [2.24, 2.45) is 0 Å². The van der Waals surface area contributed by atoms with Gasteiger partial charge >= 0.3 is 0 Å². The molecule has 2 aromatic carbocycles. The Labute approximate surface area is 193 Å². The second-order valence-corrected chi connectivity index (χ2v) is 8.59. The summed E-state index contributed by atoms with van der Waals surface area (Å²) < 4.78 is 11.2. The van der Waals surface area contributed by atoms with Gasteiger partial charge in [-0.3, -0.25) is 9.59 Å². The van der Waals surface area contributed by atoms with Crippen molar-refractivity contribution in [3.05, 3.63) is 70.3 Å². The Kier molecular flexibility index (Phi) is 7.59. The largest absolute Gasteiger partial charge is 0.507 e. The van der Waals surface area contributed by atoms with Crippen LogP contribution in [0.2, 0.25) is 5.02 Å². The number of hydrogen-bond donors (Lipinski definition) is 1. The molecule has 170 valence electrons. The lowest BCUT2D eigenvalue weighted by atomic mass is 9.95. The van der Waals surface area contributed by atoms with Gasteiger partial charge in [0.05, 0.1) is 30.4 Å². The molecule has 2 aromatic rings. The highest BCUT2D eigenvalue weighted by Crippen LogP contribution is 2.39. The van der Waals surface area contributed by atoms with Crippen LogP contribution in [0.4, 0.5) is 0 Å². The van der Waals surface area contributed by atoms with Crippen LogP contribution in [0.15, 0.2) is 54.1 Å². The molecule has 6 nitrogen and oxygen atoms in total. The quantitative estimate of drug-likeness (QED) is 0.344. The SMILES string of the molecule is CC(C)OCCN1C(=O)C(=O)/C(=C(\O)c2ccc(OC(C)C)cc2)C1c1ccc(Cl)cc1. The number of carbonyl (C=O) groups is 2. The number of likely N-dealkylation sites (tertiary alicyclic amines) is 1. The Hall–Kier alpha value is -2.83. The molecule has 1 fully saturated rings. The average molecular weight is 458 g/mol. The number of ketones is 1. The summed E-state index contributed by atoms with van der Waals surface area (Å²) in [6.45, 7) is 8.13. The van der Waals surface area contributed by atoms with Crippen LogP contribution in [0.1, 0.15) is 44.9 Å². The Morgan fingerprint density at radius 2 is 1.62 bits per heavy atom. The van der Waals surface area contributed by atoms with Gasteiger partial charge in [-0.25, -0.2) is 0 Å². The van der Waals surface area contributed by atoms with Gasteiger partial charge in [0.1, 0.15) is 11.5 Å². The van der Waals surface area contributed by atoms with E-state index >= 15 is 0 Å². The molecule has 0 bridgehead atoms. The summed E-state index contributed by atoms with van der Waals surface area (Å²) in [7, 11) is 0. The van der Waals surface area contributed by atoms with Crippen LogP contribution in [0, 0.1) is 0 Å². The zero-order valence-electron chi connectivity index (χ0n) is 18.7. The maximum absolute atomic E-state index is 13.0. The monoisotopic (exact) mass is 457 g/mol. The highest BCUT2D eigenvalue weighted by molar-refractivity contribution is 6.46. The summed E-state index contributed by atoms with van der Waals surface area (Å²) in [5.74, 6) is -0.975.